The van der Waals surface area contributed by atoms with Crippen LogP contribution in [0.2, 0.25) is 0 Å². The standard InChI is InChI=1S/C16H18N4/c1-11-3-5-13(6-4-11)15-19-14-9-12(2)10-18-16(14)20(15)8-7-17/h3-6,9-10H,7-8,17H2,1-2H3. The highest BCUT2D eigenvalue weighted by atomic mass is 15.1. The smallest absolute Gasteiger partial charge is 0.160 e. The minimum absolute atomic E-state index is 0.569. The summed E-state index contributed by atoms with van der Waals surface area (Å²) in [5, 5.41) is 0. The molecule has 0 aliphatic heterocycles. The molecule has 0 atom stereocenters. The van der Waals surface area contributed by atoms with Gasteiger partial charge in [0.1, 0.15) is 11.3 Å². The van der Waals surface area contributed by atoms with E-state index in [1.54, 1.807) is 0 Å². The topological polar surface area (TPSA) is 56.7 Å². The molecule has 2 aromatic heterocycles. The van der Waals surface area contributed by atoms with Crippen LogP contribution in [0.25, 0.3) is 22.6 Å². The molecule has 2 heterocycles. The first kappa shape index (κ1) is 12.8. The molecule has 0 saturated carbocycles. The molecule has 0 fully saturated rings. The van der Waals surface area contributed by atoms with E-state index in [0.717, 1.165) is 34.7 Å². The van der Waals surface area contributed by atoms with Gasteiger partial charge in [-0.05, 0) is 25.5 Å². The lowest BCUT2D eigenvalue weighted by molar-refractivity contribution is 0.729. The highest BCUT2D eigenvalue weighted by Crippen LogP contribution is 2.24. The lowest BCUT2D eigenvalue weighted by Crippen LogP contribution is -2.11. The molecule has 0 spiro atoms. The fourth-order valence-electron chi connectivity index (χ4n) is 2.38. The van der Waals surface area contributed by atoms with Crippen LogP contribution in [-0.4, -0.2) is 21.1 Å². The zero-order valence-electron chi connectivity index (χ0n) is 11.8. The average Bonchev–Trinajstić information content (AvgIpc) is 2.78. The molecule has 20 heavy (non-hydrogen) atoms. The summed E-state index contributed by atoms with van der Waals surface area (Å²) in [6.45, 7) is 5.40. The summed E-state index contributed by atoms with van der Waals surface area (Å²) < 4.78 is 2.10. The Balaban J connectivity index is 2.22. The van der Waals surface area contributed by atoms with Gasteiger partial charge in [0.2, 0.25) is 0 Å². The zero-order chi connectivity index (χ0) is 14.1. The van der Waals surface area contributed by atoms with Crippen LogP contribution in [-0.2, 0) is 6.54 Å². The monoisotopic (exact) mass is 266 g/mol. The Morgan fingerprint density at radius 1 is 1.10 bits per heavy atom. The van der Waals surface area contributed by atoms with E-state index in [-0.39, 0.29) is 0 Å². The number of nitrogens with two attached hydrogens (primary N) is 1. The van der Waals surface area contributed by atoms with E-state index in [1.807, 2.05) is 13.1 Å². The van der Waals surface area contributed by atoms with Crippen molar-refractivity contribution in [3.63, 3.8) is 0 Å². The number of nitrogens with zero attached hydrogens (tertiary/aromatic N) is 3. The number of hydrogen-bond donors (Lipinski definition) is 1. The average molecular weight is 266 g/mol. The first-order valence-corrected chi connectivity index (χ1v) is 6.79. The van der Waals surface area contributed by atoms with Gasteiger partial charge in [0.25, 0.3) is 0 Å². The van der Waals surface area contributed by atoms with Crippen molar-refractivity contribution < 1.29 is 0 Å². The quantitative estimate of drug-likeness (QED) is 0.793. The van der Waals surface area contributed by atoms with Crippen molar-refractivity contribution in [2.24, 2.45) is 5.73 Å². The molecule has 102 valence electrons. The first-order chi connectivity index (χ1) is 9.69. The summed E-state index contributed by atoms with van der Waals surface area (Å²) in [6, 6.07) is 10.4. The predicted molar refractivity (Wildman–Crippen MR) is 81.5 cm³/mol. The van der Waals surface area contributed by atoms with Crippen LogP contribution < -0.4 is 5.73 Å². The number of imidazole rings is 1. The van der Waals surface area contributed by atoms with Gasteiger partial charge in [-0.3, -0.25) is 0 Å². The molecule has 4 heteroatoms. The highest BCUT2D eigenvalue weighted by Gasteiger charge is 2.13. The Morgan fingerprint density at radius 3 is 2.55 bits per heavy atom. The summed E-state index contributed by atoms with van der Waals surface area (Å²) >= 11 is 0. The minimum Gasteiger partial charge on any atom is -0.329 e. The molecular formula is C16H18N4. The SMILES string of the molecule is Cc1ccc(-c2nc3cc(C)cnc3n2CCN)cc1. The second-order valence-corrected chi connectivity index (χ2v) is 5.10. The molecule has 4 nitrogen and oxygen atoms in total. The van der Waals surface area contributed by atoms with Crippen molar-refractivity contribution in [3.05, 3.63) is 47.7 Å². The molecule has 1 aromatic carbocycles. The third kappa shape index (κ3) is 2.18. The van der Waals surface area contributed by atoms with E-state index in [0.29, 0.717) is 6.54 Å². The number of aromatic nitrogens is 3. The third-order valence-electron chi connectivity index (χ3n) is 3.38. The van der Waals surface area contributed by atoms with Crippen LogP contribution in [0, 0.1) is 13.8 Å². The van der Waals surface area contributed by atoms with Crippen LogP contribution >= 0.6 is 0 Å². The Labute approximate surface area is 118 Å². The second-order valence-electron chi connectivity index (χ2n) is 5.10. The van der Waals surface area contributed by atoms with Crippen molar-refractivity contribution >= 4 is 11.2 Å². The van der Waals surface area contributed by atoms with Crippen molar-refractivity contribution in [3.8, 4) is 11.4 Å². The zero-order valence-corrected chi connectivity index (χ0v) is 11.8. The van der Waals surface area contributed by atoms with Gasteiger partial charge in [-0.2, -0.15) is 0 Å². The maximum Gasteiger partial charge on any atom is 0.160 e. The predicted octanol–water partition coefficient (Wildman–Crippen LogP) is 2.67. The molecule has 0 amide bonds. The Hall–Kier alpha value is -2.20. The van der Waals surface area contributed by atoms with Crippen molar-refractivity contribution in [2.45, 2.75) is 20.4 Å². The van der Waals surface area contributed by atoms with Gasteiger partial charge in [0.05, 0.1) is 0 Å². The maximum absolute atomic E-state index is 5.74. The fourth-order valence-corrected chi connectivity index (χ4v) is 2.38. The molecule has 0 unspecified atom stereocenters. The first-order valence-electron chi connectivity index (χ1n) is 6.79. The summed E-state index contributed by atoms with van der Waals surface area (Å²) in [5.41, 5.74) is 11.0. The molecule has 3 rings (SSSR count). The summed E-state index contributed by atoms with van der Waals surface area (Å²) in [6.07, 6.45) is 1.87. The Morgan fingerprint density at radius 2 is 1.85 bits per heavy atom. The Kier molecular flexibility index (Phi) is 3.24. The molecule has 0 aliphatic carbocycles. The van der Waals surface area contributed by atoms with Gasteiger partial charge in [-0.1, -0.05) is 29.8 Å². The van der Waals surface area contributed by atoms with E-state index in [1.165, 1.54) is 5.56 Å². The van der Waals surface area contributed by atoms with Crippen molar-refractivity contribution in [2.75, 3.05) is 6.54 Å². The maximum atomic E-state index is 5.74. The molecule has 0 bridgehead atoms. The normalized spacial score (nSPS) is 11.2. The number of hydrogen-bond acceptors (Lipinski definition) is 3. The number of benzene rings is 1. The number of fused-ring (bicyclic) bond motifs is 1. The van der Waals surface area contributed by atoms with Gasteiger partial charge in [0, 0.05) is 24.8 Å². The van der Waals surface area contributed by atoms with E-state index < -0.39 is 0 Å². The minimum atomic E-state index is 0.569. The molecular weight excluding hydrogens is 248 g/mol. The van der Waals surface area contributed by atoms with Crippen LogP contribution in [0.1, 0.15) is 11.1 Å². The highest BCUT2D eigenvalue weighted by molar-refractivity contribution is 5.77. The van der Waals surface area contributed by atoms with Crippen molar-refractivity contribution in [1.29, 1.82) is 0 Å². The lowest BCUT2D eigenvalue weighted by atomic mass is 10.1. The molecule has 3 aromatic rings. The number of aryl methyl sites for hydroxylation is 2. The number of pyridine rings is 1. The third-order valence-corrected chi connectivity index (χ3v) is 3.38. The molecule has 0 saturated heterocycles. The van der Waals surface area contributed by atoms with Gasteiger partial charge < -0.3 is 10.3 Å². The van der Waals surface area contributed by atoms with Gasteiger partial charge >= 0.3 is 0 Å². The molecule has 0 aliphatic rings. The van der Waals surface area contributed by atoms with E-state index >= 15 is 0 Å². The van der Waals surface area contributed by atoms with Crippen LogP contribution in [0.4, 0.5) is 0 Å². The van der Waals surface area contributed by atoms with Gasteiger partial charge in [0.15, 0.2) is 5.65 Å². The van der Waals surface area contributed by atoms with Crippen molar-refractivity contribution in [1.82, 2.24) is 14.5 Å². The van der Waals surface area contributed by atoms with Gasteiger partial charge in [-0.15, -0.1) is 0 Å². The second kappa shape index (κ2) is 5.06. The fraction of sp³-hybridized carbons (Fsp3) is 0.250. The van der Waals surface area contributed by atoms with Crippen LogP contribution in [0.3, 0.4) is 0 Å². The van der Waals surface area contributed by atoms with Crippen LogP contribution in [0.5, 0.6) is 0 Å². The lowest BCUT2D eigenvalue weighted by Gasteiger charge is -2.07. The summed E-state index contributed by atoms with van der Waals surface area (Å²) in [5.74, 6) is 0.934. The number of rotatable bonds is 3. The largest absolute Gasteiger partial charge is 0.329 e. The molecule has 0 radical (unpaired) electrons. The summed E-state index contributed by atoms with van der Waals surface area (Å²) in [4.78, 5) is 9.24. The van der Waals surface area contributed by atoms with Gasteiger partial charge in [-0.25, -0.2) is 9.97 Å². The molecule has 2 N–H and O–H groups in total. The van der Waals surface area contributed by atoms with E-state index in [9.17, 15) is 0 Å². The van der Waals surface area contributed by atoms with E-state index in [4.69, 9.17) is 10.7 Å². The van der Waals surface area contributed by atoms with E-state index in [2.05, 4.69) is 46.8 Å². The van der Waals surface area contributed by atoms with Crippen LogP contribution in [0.15, 0.2) is 36.5 Å². The summed E-state index contributed by atoms with van der Waals surface area (Å²) in [7, 11) is 0. The Bertz CT molecular complexity index is 741.